The third kappa shape index (κ3) is 3.41. The van der Waals surface area contributed by atoms with E-state index in [-0.39, 0.29) is 5.78 Å². The van der Waals surface area contributed by atoms with Crippen LogP contribution in [0.25, 0.3) is 0 Å². The Balaban J connectivity index is 4.42. The van der Waals surface area contributed by atoms with Crippen molar-refractivity contribution in [2.75, 3.05) is 7.11 Å². The van der Waals surface area contributed by atoms with Crippen molar-refractivity contribution in [3.8, 4) is 0 Å². The number of ether oxygens (including phenoxy) is 1. The number of ketones is 1. The van der Waals surface area contributed by atoms with Crippen molar-refractivity contribution in [1.29, 1.82) is 0 Å². The van der Waals surface area contributed by atoms with Gasteiger partial charge in [-0.05, 0) is 19.3 Å². The summed E-state index contributed by atoms with van der Waals surface area (Å²) in [5.41, 5.74) is -0.494. The Morgan fingerprint density at radius 2 is 1.86 bits per heavy atom. The van der Waals surface area contributed by atoms with E-state index in [1.807, 2.05) is 13.8 Å². The Kier molecular flexibility index (Phi) is 6.81. The molecule has 0 radical (unpaired) electrons. The molecule has 0 aliphatic heterocycles. The first-order valence-electron chi connectivity index (χ1n) is 5.75. The summed E-state index contributed by atoms with van der Waals surface area (Å²) in [5.74, 6) is 0.276. The van der Waals surface area contributed by atoms with Gasteiger partial charge in [0.2, 0.25) is 0 Å². The highest BCUT2D eigenvalue weighted by molar-refractivity contribution is 5.87. The summed E-state index contributed by atoms with van der Waals surface area (Å²) in [5, 5.41) is 0. The molecule has 0 aliphatic carbocycles. The highest BCUT2D eigenvalue weighted by atomic mass is 16.5. The van der Waals surface area contributed by atoms with Crippen molar-refractivity contribution < 1.29 is 9.53 Å². The number of hydrogen-bond donors (Lipinski definition) is 0. The van der Waals surface area contributed by atoms with Gasteiger partial charge in [0.15, 0.2) is 5.78 Å². The standard InChI is InChI=1S/C12H24O2/c1-5-8-10-12(7-3,14-4)11(13)9-6-2/h5-10H2,1-4H3. The number of carbonyl (C=O) groups is 1. The lowest BCUT2D eigenvalue weighted by atomic mass is 9.87. The maximum absolute atomic E-state index is 11.9. The van der Waals surface area contributed by atoms with Crippen molar-refractivity contribution in [2.45, 2.75) is 64.9 Å². The van der Waals surface area contributed by atoms with E-state index in [9.17, 15) is 4.79 Å². The van der Waals surface area contributed by atoms with Crippen LogP contribution in [0, 0.1) is 0 Å². The zero-order chi connectivity index (χ0) is 11.0. The molecule has 1 unspecified atom stereocenters. The summed E-state index contributed by atoms with van der Waals surface area (Å²) in [6, 6.07) is 0. The molecule has 1 atom stereocenters. The van der Waals surface area contributed by atoms with E-state index in [4.69, 9.17) is 4.74 Å². The molecule has 0 heterocycles. The van der Waals surface area contributed by atoms with Crippen molar-refractivity contribution in [3.63, 3.8) is 0 Å². The van der Waals surface area contributed by atoms with Crippen LogP contribution in [-0.2, 0) is 9.53 Å². The molecule has 0 fully saturated rings. The number of methoxy groups -OCH3 is 1. The smallest absolute Gasteiger partial charge is 0.164 e. The molecule has 2 heteroatoms. The van der Waals surface area contributed by atoms with Crippen LogP contribution in [0.1, 0.15) is 59.3 Å². The quantitative estimate of drug-likeness (QED) is 0.600. The molecule has 2 nitrogen and oxygen atoms in total. The molecule has 0 aliphatic rings. The van der Waals surface area contributed by atoms with Gasteiger partial charge >= 0.3 is 0 Å². The minimum Gasteiger partial charge on any atom is -0.370 e. The third-order valence-corrected chi connectivity index (χ3v) is 2.88. The van der Waals surface area contributed by atoms with Gasteiger partial charge in [-0.3, -0.25) is 4.79 Å². The highest BCUT2D eigenvalue weighted by Gasteiger charge is 2.34. The van der Waals surface area contributed by atoms with Crippen LogP contribution >= 0.6 is 0 Å². The number of unbranched alkanes of at least 4 members (excludes halogenated alkanes) is 1. The molecule has 0 saturated heterocycles. The molecule has 0 N–H and O–H groups in total. The minimum absolute atomic E-state index is 0.276. The molecule has 84 valence electrons. The average Bonchev–Trinajstić information content (AvgIpc) is 2.21. The van der Waals surface area contributed by atoms with E-state index >= 15 is 0 Å². The number of carbonyl (C=O) groups excluding carboxylic acids is 1. The lowest BCUT2D eigenvalue weighted by molar-refractivity contribution is -0.142. The summed E-state index contributed by atoms with van der Waals surface area (Å²) in [6.07, 6.45) is 5.40. The summed E-state index contributed by atoms with van der Waals surface area (Å²) >= 11 is 0. The molecule has 0 amide bonds. The molecule has 14 heavy (non-hydrogen) atoms. The van der Waals surface area contributed by atoms with Crippen LogP contribution in [0.4, 0.5) is 0 Å². The maximum atomic E-state index is 11.9. The van der Waals surface area contributed by atoms with Crippen molar-refractivity contribution >= 4 is 5.78 Å². The number of Topliss-reactive ketones (excluding diaryl/α,β-unsaturated/α-hetero) is 1. The molecule has 0 rings (SSSR count). The molecule has 0 aromatic rings. The predicted molar refractivity (Wildman–Crippen MR) is 59.5 cm³/mol. The molecular weight excluding hydrogens is 176 g/mol. The Labute approximate surface area is 88.0 Å². The lowest BCUT2D eigenvalue weighted by Gasteiger charge is -2.29. The van der Waals surface area contributed by atoms with Crippen LogP contribution < -0.4 is 0 Å². The third-order valence-electron chi connectivity index (χ3n) is 2.88. The van der Waals surface area contributed by atoms with Gasteiger partial charge in [0, 0.05) is 13.5 Å². The van der Waals surface area contributed by atoms with Crippen LogP contribution in [-0.4, -0.2) is 18.5 Å². The van der Waals surface area contributed by atoms with Crippen LogP contribution in [0.5, 0.6) is 0 Å². The Morgan fingerprint density at radius 3 is 2.21 bits per heavy atom. The fourth-order valence-corrected chi connectivity index (χ4v) is 1.79. The van der Waals surface area contributed by atoms with Crippen molar-refractivity contribution in [2.24, 2.45) is 0 Å². The largest absolute Gasteiger partial charge is 0.370 e. The van der Waals surface area contributed by atoms with E-state index in [1.54, 1.807) is 7.11 Å². The molecule has 0 spiro atoms. The fraction of sp³-hybridized carbons (Fsp3) is 0.917. The molecular formula is C12H24O2. The first-order valence-corrected chi connectivity index (χ1v) is 5.75. The van der Waals surface area contributed by atoms with Gasteiger partial charge in [0.05, 0.1) is 0 Å². The fourth-order valence-electron chi connectivity index (χ4n) is 1.79. The van der Waals surface area contributed by atoms with Crippen molar-refractivity contribution in [3.05, 3.63) is 0 Å². The Bertz CT molecular complexity index is 160. The summed E-state index contributed by atoms with van der Waals surface area (Å²) in [6.45, 7) is 6.21. The maximum Gasteiger partial charge on any atom is 0.164 e. The van der Waals surface area contributed by atoms with Gasteiger partial charge in [-0.15, -0.1) is 0 Å². The summed E-state index contributed by atoms with van der Waals surface area (Å²) < 4.78 is 5.45. The summed E-state index contributed by atoms with van der Waals surface area (Å²) in [7, 11) is 1.66. The van der Waals surface area contributed by atoms with Crippen molar-refractivity contribution in [1.82, 2.24) is 0 Å². The van der Waals surface area contributed by atoms with E-state index in [0.29, 0.717) is 6.42 Å². The molecule has 0 aromatic heterocycles. The monoisotopic (exact) mass is 200 g/mol. The van der Waals surface area contributed by atoms with Gasteiger partial charge in [-0.1, -0.05) is 33.6 Å². The minimum atomic E-state index is -0.494. The van der Waals surface area contributed by atoms with Crippen LogP contribution in [0.15, 0.2) is 0 Å². The van der Waals surface area contributed by atoms with E-state index in [0.717, 1.165) is 32.1 Å². The molecule has 0 saturated carbocycles. The second-order valence-electron chi connectivity index (χ2n) is 3.83. The number of hydrogen-bond acceptors (Lipinski definition) is 2. The van der Waals surface area contributed by atoms with E-state index in [2.05, 4.69) is 6.92 Å². The summed E-state index contributed by atoms with van der Waals surface area (Å²) in [4.78, 5) is 11.9. The second-order valence-corrected chi connectivity index (χ2v) is 3.83. The topological polar surface area (TPSA) is 26.3 Å². The first kappa shape index (κ1) is 13.6. The van der Waals surface area contributed by atoms with E-state index < -0.39 is 5.60 Å². The van der Waals surface area contributed by atoms with Gasteiger partial charge in [-0.25, -0.2) is 0 Å². The zero-order valence-electron chi connectivity index (χ0n) is 10.1. The second kappa shape index (κ2) is 6.99. The SMILES string of the molecule is CCCCC(CC)(OC)C(=O)CCC. The molecule has 0 aromatic carbocycles. The van der Waals surface area contributed by atoms with Gasteiger partial charge in [-0.2, -0.15) is 0 Å². The normalized spacial score (nSPS) is 15.1. The van der Waals surface area contributed by atoms with Gasteiger partial charge in [0.25, 0.3) is 0 Å². The highest BCUT2D eigenvalue weighted by Crippen LogP contribution is 2.25. The zero-order valence-corrected chi connectivity index (χ0v) is 10.1. The molecule has 0 bridgehead atoms. The van der Waals surface area contributed by atoms with Gasteiger partial charge in [0.1, 0.15) is 5.60 Å². The number of rotatable bonds is 8. The Hall–Kier alpha value is -0.370. The van der Waals surface area contributed by atoms with E-state index in [1.165, 1.54) is 0 Å². The lowest BCUT2D eigenvalue weighted by Crippen LogP contribution is -2.40. The van der Waals surface area contributed by atoms with Crippen LogP contribution in [0.3, 0.4) is 0 Å². The average molecular weight is 200 g/mol. The first-order chi connectivity index (χ1) is 6.66. The predicted octanol–water partition coefficient (Wildman–Crippen LogP) is 3.34. The van der Waals surface area contributed by atoms with Gasteiger partial charge < -0.3 is 4.74 Å². The van der Waals surface area contributed by atoms with Crippen LogP contribution in [0.2, 0.25) is 0 Å². The Morgan fingerprint density at radius 1 is 1.21 bits per heavy atom.